The fraction of sp³-hybridized carbons (Fsp3) is 0.444. The molecule has 2 aromatic rings. The second-order valence-corrected chi connectivity index (χ2v) is 8.65. The highest BCUT2D eigenvalue weighted by Gasteiger charge is 2.28. The van der Waals surface area contributed by atoms with E-state index in [1.54, 1.807) is 12.1 Å². The summed E-state index contributed by atoms with van der Waals surface area (Å²) in [4.78, 5) is 27.4. The lowest BCUT2D eigenvalue weighted by Gasteiger charge is -2.31. The van der Waals surface area contributed by atoms with Crippen molar-refractivity contribution in [1.82, 2.24) is 14.6 Å². The largest absolute Gasteiger partial charge is 0.349 e. The van der Waals surface area contributed by atoms with Crippen LogP contribution < -0.4 is 10.9 Å². The van der Waals surface area contributed by atoms with Crippen molar-refractivity contribution in [2.75, 3.05) is 18.8 Å². The van der Waals surface area contributed by atoms with Crippen LogP contribution in [0.25, 0.3) is 10.9 Å². The number of carbonyl (C=O) groups is 1. The third kappa shape index (κ3) is 3.96. The molecule has 1 amide bonds. The van der Waals surface area contributed by atoms with Crippen molar-refractivity contribution in [2.24, 2.45) is 0 Å². The Bertz CT molecular complexity index is 960. The first-order chi connectivity index (χ1) is 12.4. The molecule has 8 heteroatoms. The summed E-state index contributed by atoms with van der Waals surface area (Å²) in [6.45, 7) is 2.62. The van der Waals surface area contributed by atoms with Crippen LogP contribution in [0.5, 0.6) is 0 Å². The van der Waals surface area contributed by atoms with Gasteiger partial charge in [0.2, 0.25) is 10.0 Å². The number of aromatic nitrogens is 1. The van der Waals surface area contributed by atoms with E-state index in [0.29, 0.717) is 37.9 Å². The van der Waals surface area contributed by atoms with Gasteiger partial charge in [0, 0.05) is 24.6 Å². The Kier molecular flexibility index (Phi) is 5.43. The minimum absolute atomic E-state index is 0.0738. The number of hydrogen-bond acceptors (Lipinski definition) is 4. The standard InChI is InChI=1S/C18H23N3O4S/c1-2-11-26(24,25)21-9-7-14(8-10-21)19-17(22)15-12-13-5-3-4-6-16(13)20-18(15)23/h3-6,12,14H,2,7-11H2,1H3,(H,19,22)(H,20,23). The summed E-state index contributed by atoms with van der Waals surface area (Å²) in [5, 5.41) is 3.65. The topological polar surface area (TPSA) is 99.3 Å². The molecule has 0 radical (unpaired) electrons. The lowest BCUT2D eigenvalue weighted by atomic mass is 10.1. The Morgan fingerprint density at radius 1 is 1.27 bits per heavy atom. The summed E-state index contributed by atoms with van der Waals surface area (Å²) in [6.07, 6.45) is 1.67. The lowest BCUT2D eigenvalue weighted by molar-refractivity contribution is 0.0922. The zero-order valence-electron chi connectivity index (χ0n) is 14.7. The number of rotatable bonds is 5. The normalized spacial score (nSPS) is 16.7. The van der Waals surface area contributed by atoms with Gasteiger partial charge in [0.1, 0.15) is 5.56 Å². The molecule has 2 N–H and O–H groups in total. The average Bonchev–Trinajstić information content (AvgIpc) is 2.61. The van der Waals surface area contributed by atoms with E-state index < -0.39 is 21.5 Å². The van der Waals surface area contributed by atoms with E-state index in [1.165, 1.54) is 4.31 Å². The van der Waals surface area contributed by atoms with E-state index in [1.807, 2.05) is 25.1 Å². The van der Waals surface area contributed by atoms with Crippen molar-refractivity contribution in [2.45, 2.75) is 32.2 Å². The van der Waals surface area contributed by atoms with Crippen LogP contribution in [0.1, 0.15) is 36.5 Å². The fourth-order valence-electron chi connectivity index (χ4n) is 3.24. The monoisotopic (exact) mass is 377 g/mol. The highest BCUT2D eigenvalue weighted by Crippen LogP contribution is 2.16. The Hall–Kier alpha value is -2.19. The van der Waals surface area contributed by atoms with Crippen molar-refractivity contribution >= 4 is 26.8 Å². The van der Waals surface area contributed by atoms with Gasteiger partial charge in [0.15, 0.2) is 0 Å². The van der Waals surface area contributed by atoms with Crippen LogP contribution in [0.15, 0.2) is 35.1 Å². The van der Waals surface area contributed by atoms with E-state index in [4.69, 9.17) is 0 Å². The number of fused-ring (bicyclic) bond motifs is 1. The molecule has 0 aliphatic carbocycles. The molecule has 0 saturated carbocycles. The molecule has 0 unspecified atom stereocenters. The molecular weight excluding hydrogens is 354 g/mol. The van der Waals surface area contributed by atoms with E-state index in [9.17, 15) is 18.0 Å². The van der Waals surface area contributed by atoms with Gasteiger partial charge in [-0.1, -0.05) is 25.1 Å². The van der Waals surface area contributed by atoms with Crippen LogP contribution in [0.4, 0.5) is 0 Å². The maximum Gasteiger partial charge on any atom is 0.261 e. The average molecular weight is 377 g/mol. The number of benzene rings is 1. The third-order valence-electron chi connectivity index (χ3n) is 4.64. The molecule has 0 bridgehead atoms. The quantitative estimate of drug-likeness (QED) is 0.824. The number of sulfonamides is 1. The van der Waals surface area contributed by atoms with Gasteiger partial charge in [-0.2, -0.15) is 0 Å². The highest BCUT2D eigenvalue weighted by molar-refractivity contribution is 7.89. The number of hydrogen-bond donors (Lipinski definition) is 2. The van der Waals surface area contributed by atoms with Crippen molar-refractivity contribution in [3.05, 3.63) is 46.2 Å². The summed E-state index contributed by atoms with van der Waals surface area (Å²) >= 11 is 0. The van der Waals surface area contributed by atoms with Gasteiger partial charge >= 0.3 is 0 Å². The van der Waals surface area contributed by atoms with Gasteiger partial charge in [-0.3, -0.25) is 9.59 Å². The zero-order chi connectivity index (χ0) is 18.7. The predicted octanol–water partition coefficient (Wildman–Crippen LogP) is 1.46. The molecular formula is C18H23N3O4S. The van der Waals surface area contributed by atoms with Crippen molar-refractivity contribution in [3.8, 4) is 0 Å². The Morgan fingerprint density at radius 2 is 1.96 bits per heavy atom. The van der Waals surface area contributed by atoms with Gasteiger partial charge in [0.25, 0.3) is 11.5 Å². The Balaban J connectivity index is 1.67. The van der Waals surface area contributed by atoms with Gasteiger partial charge in [-0.15, -0.1) is 0 Å². The minimum atomic E-state index is -3.20. The number of pyridine rings is 1. The first-order valence-electron chi connectivity index (χ1n) is 8.81. The van der Waals surface area contributed by atoms with Crippen molar-refractivity contribution < 1.29 is 13.2 Å². The van der Waals surface area contributed by atoms with Gasteiger partial charge in [0.05, 0.1) is 5.75 Å². The van der Waals surface area contributed by atoms with Crippen LogP contribution >= 0.6 is 0 Å². The van der Waals surface area contributed by atoms with Crippen LogP contribution in [0.2, 0.25) is 0 Å². The molecule has 1 aromatic carbocycles. The third-order valence-corrected chi connectivity index (χ3v) is 6.72. The number of H-pyrrole nitrogens is 1. The molecule has 2 heterocycles. The van der Waals surface area contributed by atoms with E-state index in [-0.39, 0.29) is 17.4 Å². The number of nitrogens with zero attached hydrogens (tertiary/aromatic N) is 1. The van der Waals surface area contributed by atoms with Crippen molar-refractivity contribution in [3.63, 3.8) is 0 Å². The second-order valence-electron chi connectivity index (χ2n) is 6.56. The first kappa shape index (κ1) is 18.6. The van der Waals surface area contributed by atoms with Crippen LogP contribution in [-0.4, -0.2) is 48.5 Å². The molecule has 26 heavy (non-hydrogen) atoms. The molecule has 140 valence electrons. The smallest absolute Gasteiger partial charge is 0.261 e. The number of carbonyl (C=O) groups excluding carboxylic acids is 1. The Morgan fingerprint density at radius 3 is 2.65 bits per heavy atom. The van der Waals surface area contributed by atoms with Crippen LogP contribution in [0.3, 0.4) is 0 Å². The Labute approximate surface area is 152 Å². The minimum Gasteiger partial charge on any atom is -0.349 e. The predicted molar refractivity (Wildman–Crippen MR) is 101 cm³/mol. The number of piperidine rings is 1. The van der Waals surface area contributed by atoms with Gasteiger partial charge < -0.3 is 10.3 Å². The molecule has 1 fully saturated rings. The van der Waals surface area contributed by atoms with Crippen LogP contribution in [-0.2, 0) is 10.0 Å². The molecule has 1 aliphatic rings. The summed E-state index contributed by atoms with van der Waals surface area (Å²) < 4.78 is 25.7. The van der Waals surface area contributed by atoms with E-state index in [0.717, 1.165) is 5.39 Å². The molecule has 1 saturated heterocycles. The SMILES string of the molecule is CCCS(=O)(=O)N1CCC(NC(=O)c2cc3ccccc3[nH]c2=O)CC1. The van der Waals surface area contributed by atoms with Crippen LogP contribution in [0, 0.1) is 0 Å². The summed E-state index contributed by atoms with van der Waals surface area (Å²) in [7, 11) is -3.20. The molecule has 0 spiro atoms. The zero-order valence-corrected chi connectivity index (χ0v) is 15.5. The molecule has 3 rings (SSSR count). The van der Waals surface area contributed by atoms with Gasteiger partial charge in [-0.25, -0.2) is 12.7 Å². The maximum atomic E-state index is 12.5. The number of amides is 1. The highest BCUT2D eigenvalue weighted by atomic mass is 32.2. The van der Waals surface area contributed by atoms with E-state index in [2.05, 4.69) is 10.3 Å². The first-order valence-corrected chi connectivity index (χ1v) is 10.4. The molecule has 1 aromatic heterocycles. The van der Waals surface area contributed by atoms with Crippen molar-refractivity contribution in [1.29, 1.82) is 0 Å². The molecule has 0 atom stereocenters. The number of aromatic amines is 1. The summed E-state index contributed by atoms with van der Waals surface area (Å²) in [5.41, 5.74) is 0.331. The van der Waals surface area contributed by atoms with Gasteiger partial charge in [-0.05, 0) is 36.8 Å². The fourth-order valence-corrected chi connectivity index (χ4v) is 4.79. The molecule has 7 nitrogen and oxygen atoms in total. The molecule has 1 aliphatic heterocycles. The number of nitrogens with one attached hydrogen (secondary N) is 2. The lowest BCUT2D eigenvalue weighted by Crippen LogP contribution is -2.47. The summed E-state index contributed by atoms with van der Waals surface area (Å²) in [5.74, 6) is -0.275. The van der Waals surface area contributed by atoms with E-state index >= 15 is 0 Å². The maximum absolute atomic E-state index is 12.5. The second kappa shape index (κ2) is 7.59. The number of para-hydroxylation sites is 1. The summed E-state index contributed by atoms with van der Waals surface area (Å²) in [6, 6.07) is 8.73.